The number of ether oxygens (including phenoxy) is 1. The van der Waals surface area contributed by atoms with Crippen molar-refractivity contribution in [3.63, 3.8) is 0 Å². The molecule has 21 heavy (non-hydrogen) atoms. The fourth-order valence-electron chi connectivity index (χ4n) is 3.22. The zero-order valence-corrected chi connectivity index (χ0v) is 12.9. The van der Waals surface area contributed by atoms with Crippen LogP contribution in [0.3, 0.4) is 0 Å². The highest BCUT2D eigenvalue weighted by molar-refractivity contribution is 5.82. The van der Waals surface area contributed by atoms with E-state index in [1.54, 1.807) is 0 Å². The van der Waals surface area contributed by atoms with E-state index < -0.39 is 0 Å². The lowest BCUT2D eigenvalue weighted by Crippen LogP contribution is -2.13. The Labute approximate surface area is 126 Å². The standard InChI is InChI=1S/C18H25NO2/c1-19-12-18-16(15-10-6-7-11-17(15)21-18)13-20-14-8-4-2-3-5-9-14/h6-7,10-11,14,19H,2-5,8-9,12-13H2,1H3. The van der Waals surface area contributed by atoms with Gasteiger partial charge in [-0.3, -0.25) is 0 Å². The van der Waals surface area contributed by atoms with E-state index in [0.717, 1.165) is 17.9 Å². The molecule has 3 heteroatoms. The molecule has 0 bridgehead atoms. The summed E-state index contributed by atoms with van der Waals surface area (Å²) in [7, 11) is 1.95. The molecule has 1 aliphatic carbocycles. The summed E-state index contributed by atoms with van der Waals surface area (Å²) in [5, 5.41) is 4.38. The predicted octanol–water partition coefficient (Wildman–Crippen LogP) is 4.39. The average Bonchev–Trinajstić information content (AvgIpc) is 2.68. The molecule has 1 aromatic heterocycles. The third kappa shape index (κ3) is 3.47. The highest BCUT2D eigenvalue weighted by Gasteiger charge is 2.17. The van der Waals surface area contributed by atoms with E-state index in [9.17, 15) is 0 Å². The number of benzene rings is 1. The first-order valence-corrected chi connectivity index (χ1v) is 8.14. The highest BCUT2D eigenvalue weighted by atomic mass is 16.5. The minimum Gasteiger partial charge on any atom is -0.459 e. The lowest BCUT2D eigenvalue weighted by atomic mass is 10.1. The van der Waals surface area contributed by atoms with Gasteiger partial charge in [-0.2, -0.15) is 0 Å². The number of fused-ring (bicyclic) bond motifs is 1. The fraction of sp³-hybridized carbons (Fsp3) is 0.556. The molecule has 0 saturated heterocycles. The molecule has 0 radical (unpaired) electrons. The maximum Gasteiger partial charge on any atom is 0.134 e. The van der Waals surface area contributed by atoms with Crippen LogP contribution in [0, 0.1) is 0 Å². The highest BCUT2D eigenvalue weighted by Crippen LogP contribution is 2.28. The molecule has 1 fully saturated rings. The van der Waals surface area contributed by atoms with Crippen molar-refractivity contribution in [3.05, 3.63) is 35.6 Å². The molecule has 3 nitrogen and oxygen atoms in total. The van der Waals surface area contributed by atoms with Gasteiger partial charge in [-0.1, -0.05) is 43.9 Å². The maximum atomic E-state index is 6.21. The quantitative estimate of drug-likeness (QED) is 0.828. The average molecular weight is 287 g/mol. The molecule has 0 unspecified atom stereocenters. The van der Waals surface area contributed by atoms with E-state index in [-0.39, 0.29) is 0 Å². The molecule has 0 aliphatic heterocycles. The predicted molar refractivity (Wildman–Crippen MR) is 85.3 cm³/mol. The molecule has 1 heterocycles. The van der Waals surface area contributed by atoms with Crippen LogP contribution in [0.25, 0.3) is 11.0 Å². The number of furan rings is 1. The molecular formula is C18H25NO2. The van der Waals surface area contributed by atoms with Crippen molar-refractivity contribution in [2.24, 2.45) is 0 Å². The van der Waals surface area contributed by atoms with Crippen molar-refractivity contribution in [1.82, 2.24) is 5.32 Å². The Balaban J connectivity index is 1.76. The van der Waals surface area contributed by atoms with Gasteiger partial charge >= 0.3 is 0 Å². The molecule has 0 amide bonds. The van der Waals surface area contributed by atoms with Gasteiger partial charge in [0.1, 0.15) is 11.3 Å². The Bertz CT molecular complexity index is 568. The van der Waals surface area contributed by atoms with Gasteiger partial charge in [0.15, 0.2) is 0 Å². The number of para-hydroxylation sites is 1. The Morgan fingerprint density at radius 2 is 1.90 bits per heavy atom. The third-order valence-electron chi connectivity index (χ3n) is 4.38. The van der Waals surface area contributed by atoms with Gasteiger partial charge < -0.3 is 14.5 Å². The molecule has 1 aromatic carbocycles. The van der Waals surface area contributed by atoms with E-state index in [0.29, 0.717) is 12.7 Å². The van der Waals surface area contributed by atoms with Crippen molar-refractivity contribution in [3.8, 4) is 0 Å². The van der Waals surface area contributed by atoms with Crippen LogP contribution >= 0.6 is 0 Å². The molecule has 0 spiro atoms. The van der Waals surface area contributed by atoms with Crippen molar-refractivity contribution in [2.75, 3.05) is 7.05 Å². The monoisotopic (exact) mass is 287 g/mol. The van der Waals surface area contributed by atoms with Gasteiger partial charge in [-0.25, -0.2) is 0 Å². The number of rotatable bonds is 5. The summed E-state index contributed by atoms with van der Waals surface area (Å²) in [5.74, 6) is 1.01. The second-order valence-electron chi connectivity index (χ2n) is 5.95. The van der Waals surface area contributed by atoms with E-state index in [4.69, 9.17) is 9.15 Å². The first kappa shape index (κ1) is 14.6. The second-order valence-corrected chi connectivity index (χ2v) is 5.95. The molecule has 114 valence electrons. The Kier molecular flexibility index (Phi) is 4.94. The van der Waals surface area contributed by atoms with Crippen LogP contribution in [-0.2, 0) is 17.9 Å². The lowest BCUT2D eigenvalue weighted by molar-refractivity contribution is 0.0307. The minimum atomic E-state index is 0.420. The SMILES string of the molecule is CNCc1oc2ccccc2c1COC1CCCCCC1. The molecule has 1 N–H and O–H groups in total. The summed E-state index contributed by atoms with van der Waals surface area (Å²) >= 11 is 0. The second kappa shape index (κ2) is 7.10. The number of hydrogen-bond donors (Lipinski definition) is 1. The summed E-state index contributed by atoms with van der Waals surface area (Å²) in [5.41, 5.74) is 2.17. The molecular weight excluding hydrogens is 262 g/mol. The van der Waals surface area contributed by atoms with Crippen LogP contribution in [0.2, 0.25) is 0 Å². The zero-order valence-electron chi connectivity index (χ0n) is 12.9. The van der Waals surface area contributed by atoms with Crippen LogP contribution in [0.4, 0.5) is 0 Å². The van der Waals surface area contributed by atoms with Gasteiger partial charge in [-0.05, 0) is 26.0 Å². The Morgan fingerprint density at radius 1 is 1.14 bits per heavy atom. The Morgan fingerprint density at radius 3 is 2.67 bits per heavy atom. The summed E-state index contributed by atoms with van der Waals surface area (Å²) < 4.78 is 12.2. The minimum absolute atomic E-state index is 0.420. The molecule has 0 atom stereocenters. The van der Waals surface area contributed by atoms with Crippen LogP contribution in [0.5, 0.6) is 0 Å². The Hall–Kier alpha value is -1.32. The van der Waals surface area contributed by atoms with Crippen LogP contribution < -0.4 is 5.32 Å². The smallest absolute Gasteiger partial charge is 0.134 e. The first-order valence-electron chi connectivity index (χ1n) is 8.14. The van der Waals surface area contributed by atoms with Gasteiger partial charge in [0.25, 0.3) is 0 Å². The van der Waals surface area contributed by atoms with Gasteiger partial charge in [0, 0.05) is 10.9 Å². The number of nitrogens with one attached hydrogen (secondary N) is 1. The van der Waals surface area contributed by atoms with Crippen molar-refractivity contribution in [1.29, 1.82) is 0 Å². The first-order chi connectivity index (χ1) is 10.4. The summed E-state index contributed by atoms with van der Waals surface area (Å²) in [6, 6.07) is 8.24. The summed E-state index contributed by atoms with van der Waals surface area (Å²) in [4.78, 5) is 0. The van der Waals surface area contributed by atoms with E-state index in [2.05, 4.69) is 17.4 Å². The van der Waals surface area contributed by atoms with Gasteiger partial charge in [0.2, 0.25) is 0 Å². The maximum absolute atomic E-state index is 6.21. The van der Waals surface area contributed by atoms with Gasteiger partial charge in [0.05, 0.1) is 19.3 Å². The van der Waals surface area contributed by atoms with Crippen molar-refractivity contribution < 1.29 is 9.15 Å². The van der Waals surface area contributed by atoms with Crippen molar-refractivity contribution >= 4 is 11.0 Å². The fourth-order valence-corrected chi connectivity index (χ4v) is 3.22. The molecule has 1 aliphatic rings. The lowest BCUT2D eigenvalue weighted by Gasteiger charge is -2.15. The van der Waals surface area contributed by atoms with E-state index in [1.807, 2.05) is 19.2 Å². The van der Waals surface area contributed by atoms with Crippen molar-refractivity contribution in [2.45, 2.75) is 57.8 Å². The third-order valence-corrected chi connectivity index (χ3v) is 4.38. The molecule has 3 rings (SSSR count). The largest absolute Gasteiger partial charge is 0.459 e. The summed E-state index contributed by atoms with van der Waals surface area (Å²) in [6.07, 6.45) is 8.16. The molecule has 1 saturated carbocycles. The molecule has 2 aromatic rings. The van der Waals surface area contributed by atoms with Crippen LogP contribution in [0.1, 0.15) is 49.8 Å². The normalized spacial score (nSPS) is 17.2. The van der Waals surface area contributed by atoms with E-state index >= 15 is 0 Å². The number of hydrogen-bond acceptors (Lipinski definition) is 3. The van der Waals surface area contributed by atoms with E-state index in [1.165, 1.54) is 49.5 Å². The van der Waals surface area contributed by atoms with Crippen LogP contribution in [0.15, 0.2) is 28.7 Å². The summed E-state index contributed by atoms with van der Waals surface area (Å²) in [6.45, 7) is 1.41. The topological polar surface area (TPSA) is 34.4 Å². The zero-order chi connectivity index (χ0) is 14.5. The van der Waals surface area contributed by atoms with Gasteiger partial charge in [-0.15, -0.1) is 0 Å². The van der Waals surface area contributed by atoms with Crippen LogP contribution in [-0.4, -0.2) is 13.2 Å².